The average molecular weight is 327 g/mol. The van der Waals surface area contributed by atoms with Crippen LogP contribution < -0.4 is 9.80 Å². The van der Waals surface area contributed by atoms with Gasteiger partial charge in [-0.25, -0.2) is 19.6 Å². The first kappa shape index (κ1) is 14.1. The quantitative estimate of drug-likeness (QED) is 0.730. The molecule has 1 fully saturated rings. The molecule has 0 atom stereocenters. The third kappa shape index (κ3) is 2.89. The molecule has 3 aromatic rings. The molecule has 0 amide bonds. The summed E-state index contributed by atoms with van der Waals surface area (Å²) in [5, 5.41) is 5.33. The number of hydrogen-bond donors (Lipinski definition) is 0. The van der Waals surface area contributed by atoms with Gasteiger partial charge in [0.2, 0.25) is 0 Å². The van der Waals surface area contributed by atoms with Crippen molar-refractivity contribution in [2.75, 3.05) is 36.0 Å². The van der Waals surface area contributed by atoms with E-state index in [1.165, 1.54) is 4.88 Å². The summed E-state index contributed by atoms with van der Waals surface area (Å²) in [5.74, 6) is 1.73. The maximum atomic E-state index is 4.47. The third-order valence-electron chi connectivity index (χ3n) is 3.86. The zero-order chi connectivity index (χ0) is 15.6. The number of piperazine rings is 1. The van der Waals surface area contributed by atoms with Crippen LogP contribution in [0.25, 0.3) is 5.82 Å². The molecule has 0 aromatic carbocycles. The fraction of sp³-hybridized carbons (Fsp3) is 0.333. The van der Waals surface area contributed by atoms with E-state index in [-0.39, 0.29) is 0 Å². The predicted molar refractivity (Wildman–Crippen MR) is 90.4 cm³/mol. The normalized spacial score (nSPS) is 15.2. The van der Waals surface area contributed by atoms with Crippen molar-refractivity contribution in [1.82, 2.24) is 24.7 Å². The van der Waals surface area contributed by atoms with Crippen LogP contribution >= 0.6 is 11.3 Å². The molecular weight excluding hydrogens is 310 g/mol. The van der Waals surface area contributed by atoms with Crippen LogP contribution in [0.3, 0.4) is 0 Å². The number of aryl methyl sites for hydroxylation is 1. The number of aromatic nitrogens is 5. The van der Waals surface area contributed by atoms with Gasteiger partial charge in [0.25, 0.3) is 0 Å². The fourth-order valence-corrected chi connectivity index (χ4v) is 3.47. The number of nitrogens with zero attached hydrogens (tertiary/aromatic N) is 7. The summed E-state index contributed by atoms with van der Waals surface area (Å²) in [4.78, 5) is 19.0. The summed E-state index contributed by atoms with van der Waals surface area (Å²) in [6.07, 6.45) is 7.17. The van der Waals surface area contributed by atoms with Crippen LogP contribution in [0.4, 0.5) is 10.9 Å². The number of anilines is 2. The fourth-order valence-electron chi connectivity index (χ4n) is 2.66. The molecular formula is C15H17N7S. The number of rotatable bonds is 3. The molecule has 0 aliphatic carbocycles. The molecule has 23 heavy (non-hydrogen) atoms. The smallest absolute Gasteiger partial charge is 0.185 e. The minimum absolute atomic E-state index is 0.790. The molecule has 1 aliphatic rings. The van der Waals surface area contributed by atoms with Crippen molar-refractivity contribution < 1.29 is 0 Å². The Hall–Kier alpha value is -2.48. The molecule has 1 aliphatic heterocycles. The third-order valence-corrected chi connectivity index (χ3v) is 4.83. The van der Waals surface area contributed by atoms with E-state index in [1.54, 1.807) is 28.5 Å². The van der Waals surface area contributed by atoms with Gasteiger partial charge >= 0.3 is 0 Å². The second-order valence-corrected chi connectivity index (χ2v) is 6.63. The Bertz CT molecular complexity index is 775. The first-order chi connectivity index (χ1) is 11.3. The second-order valence-electron chi connectivity index (χ2n) is 5.41. The highest BCUT2D eigenvalue weighted by molar-refractivity contribution is 7.15. The molecule has 0 bridgehead atoms. The molecule has 0 spiro atoms. The maximum Gasteiger partial charge on any atom is 0.185 e. The highest BCUT2D eigenvalue weighted by Crippen LogP contribution is 2.24. The topological polar surface area (TPSA) is 63.0 Å². The van der Waals surface area contributed by atoms with Gasteiger partial charge in [0.1, 0.15) is 12.1 Å². The van der Waals surface area contributed by atoms with Crippen molar-refractivity contribution in [3.8, 4) is 5.82 Å². The molecule has 3 aromatic heterocycles. The Morgan fingerprint density at radius 2 is 1.78 bits per heavy atom. The minimum atomic E-state index is 0.790. The zero-order valence-electron chi connectivity index (χ0n) is 12.8. The molecule has 0 N–H and O–H groups in total. The van der Waals surface area contributed by atoms with Gasteiger partial charge < -0.3 is 9.80 Å². The molecule has 1 saturated heterocycles. The van der Waals surface area contributed by atoms with Crippen molar-refractivity contribution in [3.05, 3.63) is 41.9 Å². The molecule has 0 radical (unpaired) electrons. The van der Waals surface area contributed by atoms with Gasteiger partial charge in [0.05, 0.1) is 0 Å². The van der Waals surface area contributed by atoms with E-state index in [0.29, 0.717) is 0 Å². The first-order valence-corrected chi connectivity index (χ1v) is 8.35. The summed E-state index contributed by atoms with van der Waals surface area (Å²) in [7, 11) is 0. The van der Waals surface area contributed by atoms with Crippen LogP contribution in [-0.2, 0) is 0 Å². The van der Waals surface area contributed by atoms with Crippen molar-refractivity contribution in [1.29, 1.82) is 0 Å². The highest BCUT2D eigenvalue weighted by Gasteiger charge is 2.20. The Morgan fingerprint density at radius 3 is 2.48 bits per heavy atom. The lowest BCUT2D eigenvalue weighted by molar-refractivity contribution is 0.644. The zero-order valence-corrected chi connectivity index (χ0v) is 13.6. The molecule has 8 heteroatoms. The SMILES string of the molecule is Cc1cnc(N2CCN(c3cc(-n4cccn4)ncn3)CC2)s1. The monoisotopic (exact) mass is 327 g/mol. The van der Waals surface area contributed by atoms with E-state index in [0.717, 1.165) is 42.9 Å². The van der Waals surface area contributed by atoms with Gasteiger partial charge in [-0.05, 0) is 13.0 Å². The Balaban J connectivity index is 1.47. The second kappa shape index (κ2) is 5.96. The lowest BCUT2D eigenvalue weighted by Gasteiger charge is -2.35. The van der Waals surface area contributed by atoms with Gasteiger partial charge in [-0.3, -0.25) is 0 Å². The summed E-state index contributed by atoms with van der Waals surface area (Å²) in [5.41, 5.74) is 0. The van der Waals surface area contributed by atoms with E-state index >= 15 is 0 Å². The lowest BCUT2D eigenvalue weighted by Crippen LogP contribution is -2.46. The van der Waals surface area contributed by atoms with E-state index in [4.69, 9.17) is 0 Å². The molecule has 7 nitrogen and oxygen atoms in total. The van der Waals surface area contributed by atoms with E-state index in [1.807, 2.05) is 24.5 Å². The molecule has 4 rings (SSSR count). The van der Waals surface area contributed by atoms with Crippen molar-refractivity contribution in [2.24, 2.45) is 0 Å². The standard InChI is InChI=1S/C15H17N7S/c1-12-10-16-15(23-12)21-7-5-20(6-8-21)13-9-14(18-11-17-13)22-4-2-3-19-22/h2-4,9-11H,5-8H2,1H3. The average Bonchev–Trinajstić information content (AvgIpc) is 3.27. The number of thiazole rings is 1. The van der Waals surface area contributed by atoms with Crippen LogP contribution in [0.1, 0.15) is 4.88 Å². The van der Waals surface area contributed by atoms with Gasteiger partial charge in [-0.15, -0.1) is 11.3 Å². The van der Waals surface area contributed by atoms with E-state index in [2.05, 4.69) is 36.8 Å². The lowest BCUT2D eigenvalue weighted by atomic mass is 10.3. The first-order valence-electron chi connectivity index (χ1n) is 7.54. The minimum Gasteiger partial charge on any atom is -0.353 e. The summed E-state index contributed by atoms with van der Waals surface area (Å²) < 4.78 is 1.75. The highest BCUT2D eigenvalue weighted by atomic mass is 32.1. The summed E-state index contributed by atoms with van der Waals surface area (Å²) in [6, 6.07) is 3.87. The molecule has 4 heterocycles. The van der Waals surface area contributed by atoms with Crippen LogP contribution in [0.2, 0.25) is 0 Å². The van der Waals surface area contributed by atoms with Crippen molar-refractivity contribution in [2.45, 2.75) is 6.92 Å². The van der Waals surface area contributed by atoms with Gasteiger partial charge in [0, 0.05) is 55.7 Å². The van der Waals surface area contributed by atoms with Crippen LogP contribution in [0, 0.1) is 6.92 Å². The van der Waals surface area contributed by atoms with Crippen LogP contribution in [0.5, 0.6) is 0 Å². The van der Waals surface area contributed by atoms with Gasteiger partial charge in [0.15, 0.2) is 10.9 Å². The summed E-state index contributed by atoms with van der Waals surface area (Å²) in [6.45, 7) is 5.85. The Kier molecular flexibility index (Phi) is 3.66. The predicted octanol–water partition coefficient (Wildman–Crippen LogP) is 1.75. The largest absolute Gasteiger partial charge is 0.353 e. The van der Waals surface area contributed by atoms with Crippen LogP contribution in [0.15, 0.2) is 37.1 Å². The number of hydrogen-bond acceptors (Lipinski definition) is 7. The maximum absolute atomic E-state index is 4.47. The van der Waals surface area contributed by atoms with Gasteiger partial charge in [-0.2, -0.15) is 5.10 Å². The van der Waals surface area contributed by atoms with E-state index < -0.39 is 0 Å². The van der Waals surface area contributed by atoms with Crippen LogP contribution in [-0.4, -0.2) is 50.9 Å². The Labute approximate surface area is 138 Å². The molecule has 0 unspecified atom stereocenters. The van der Waals surface area contributed by atoms with E-state index in [9.17, 15) is 0 Å². The summed E-state index contributed by atoms with van der Waals surface area (Å²) >= 11 is 1.75. The van der Waals surface area contributed by atoms with Crippen molar-refractivity contribution in [3.63, 3.8) is 0 Å². The Morgan fingerprint density at radius 1 is 1.00 bits per heavy atom. The van der Waals surface area contributed by atoms with Crippen molar-refractivity contribution >= 4 is 22.3 Å². The molecule has 118 valence electrons. The van der Waals surface area contributed by atoms with Gasteiger partial charge in [-0.1, -0.05) is 0 Å². The molecule has 0 saturated carbocycles.